The van der Waals surface area contributed by atoms with Gasteiger partial charge in [0.2, 0.25) is 0 Å². The number of hydrogen-bond donors (Lipinski definition) is 1. The summed E-state index contributed by atoms with van der Waals surface area (Å²) in [5.41, 5.74) is 3.65. The lowest BCUT2D eigenvalue weighted by atomic mass is 10.2. The molecule has 1 N–H and O–H groups in total. The zero-order valence-corrected chi connectivity index (χ0v) is 23.4. The summed E-state index contributed by atoms with van der Waals surface area (Å²) in [6, 6.07) is 23.7. The molecule has 3 aromatic carbocycles. The number of nitrogens with zero attached hydrogens (tertiary/aromatic N) is 3. The van der Waals surface area contributed by atoms with Crippen molar-refractivity contribution in [1.29, 1.82) is 0 Å². The number of benzene rings is 3. The topological polar surface area (TPSA) is 31.6 Å². The number of rotatable bonds is 7. The SMILES string of the molecule is OC(CN1CCN(C/C=C\c2ccccc2)CC1)Cn1c2ccc(I)cc2c2cc(I)ccc21. The minimum Gasteiger partial charge on any atom is -0.390 e. The molecule has 1 aliphatic rings. The molecule has 1 unspecified atom stereocenters. The van der Waals surface area contributed by atoms with Crippen LogP contribution >= 0.6 is 45.2 Å². The summed E-state index contributed by atoms with van der Waals surface area (Å²) in [6.45, 7) is 6.38. The van der Waals surface area contributed by atoms with Crippen molar-refractivity contribution in [3.05, 3.63) is 85.5 Å². The summed E-state index contributed by atoms with van der Waals surface area (Å²) in [7, 11) is 0. The molecule has 5 rings (SSSR count). The van der Waals surface area contributed by atoms with Gasteiger partial charge >= 0.3 is 0 Å². The first-order valence-corrected chi connectivity index (χ1v) is 13.9. The van der Waals surface area contributed by atoms with Crippen molar-refractivity contribution in [3.63, 3.8) is 0 Å². The molecule has 4 aromatic rings. The highest BCUT2D eigenvalue weighted by molar-refractivity contribution is 14.1. The molecule has 0 radical (unpaired) electrons. The summed E-state index contributed by atoms with van der Waals surface area (Å²) in [6.07, 6.45) is 4.05. The smallest absolute Gasteiger partial charge is 0.0845 e. The van der Waals surface area contributed by atoms with Gasteiger partial charge in [0.25, 0.3) is 0 Å². The van der Waals surface area contributed by atoms with Gasteiger partial charge in [-0.3, -0.25) is 9.80 Å². The Bertz CT molecular complexity index is 1230. The highest BCUT2D eigenvalue weighted by Crippen LogP contribution is 2.31. The van der Waals surface area contributed by atoms with Crippen LogP contribution in [0.3, 0.4) is 0 Å². The van der Waals surface area contributed by atoms with Gasteiger partial charge in [0, 0.05) is 68.2 Å². The second kappa shape index (κ2) is 11.1. The number of aliphatic hydroxyl groups is 1. The van der Waals surface area contributed by atoms with E-state index in [0.717, 1.165) is 32.7 Å². The van der Waals surface area contributed by atoms with Crippen LogP contribution in [-0.4, -0.2) is 64.8 Å². The van der Waals surface area contributed by atoms with Gasteiger partial charge in [-0.25, -0.2) is 0 Å². The molecule has 0 bridgehead atoms. The van der Waals surface area contributed by atoms with E-state index in [1.807, 2.05) is 6.07 Å². The summed E-state index contributed by atoms with van der Waals surface area (Å²) in [5, 5.41) is 13.6. The summed E-state index contributed by atoms with van der Waals surface area (Å²) < 4.78 is 4.77. The number of hydrogen-bond acceptors (Lipinski definition) is 3. The van der Waals surface area contributed by atoms with Gasteiger partial charge in [-0.15, -0.1) is 0 Å². The van der Waals surface area contributed by atoms with Crippen LogP contribution in [0.4, 0.5) is 0 Å². The van der Waals surface area contributed by atoms with Crippen molar-refractivity contribution in [2.45, 2.75) is 12.6 Å². The number of β-amino-alcohol motifs (C(OH)–C–C–N with tert-alkyl or cyclic N) is 1. The van der Waals surface area contributed by atoms with Crippen molar-refractivity contribution in [2.24, 2.45) is 0 Å². The summed E-state index contributed by atoms with van der Waals surface area (Å²) >= 11 is 4.76. The molecule has 1 saturated heterocycles. The van der Waals surface area contributed by atoms with Crippen LogP contribution in [0.2, 0.25) is 0 Å². The molecular weight excluding hydrogens is 648 g/mol. The van der Waals surface area contributed by atoms with Crippen LogP contribution in [0, 0.1) is 7.14 Å². The van der Waals surface area contributed by atoms with Gasteiger partial charge in [0.05, 0.1) is 12.6 Å². The van der Waals surface area contributed by atoms with E-state index < -0.39 is 6.10 Å². The molecule has 0 saturated carbocycles. The second-order valence-corrected chi connectivity index (χ2v) is 11.5. The minimum absolute atomic E-state index is 0.401. The van der Waals surface area contributed by atoms with E-state index in [9.17, 15) is 5.11 Å². The molecule has 0 amide bonds. The fourth-order valence-electron chi connectivity index (χ4n) is 4.87. The normalized spacial score (nSPS) is 16.7. The van der Waals surface area contributed by atoms with Crippen LogP contribution < -0.4 is 0 Å². The van der Waals surface area contributed by atoms with Crippen LogP contribution in [0.25, 0.3) is 27.9 Å². The third-order valence-electron chi connectivity index (χ3n) is 6.59. The van der Waals surface area contributed by atoms with Crippen LogP contribution in [0.5, 0.6) is 0 Å². The maximum Gasteiger partial charge on any atom is 0.0845 e. The monoisotopic (exact) mass is 677 g/mol. The molecule has 0 aliphatic carbocycles. The van der Waals surface area contributed by atoms with Gasteiger partial charge in [-0.1, -0.05) is 42.5 Å². The minimum atomic E-state index is -0.401. The van der Waals surface area contributed by atoms with E-state index in [2.05, 4.69) is 132 Å². The van der Waals surface area contributed by atoms with Gasteiger partial charge in [-0.05, 0) is 87.1 Å². The average molecular weight is 677 g/mol. The number of aromatic nitrogens is 1. The van der Waals surface area contributed by atoms with Crippen LogP contribution in [0.15, 0.2) is 72.8 Å². The first kappa shape index (κ1) is 24.2. The van der Waals surface area contributed by atoms with Crippen molar-refractivity contribution in [1.82, 2.24) is 14.4 Å². The Morgan fingerprint density at radius 3 is 1.97 bits per heavy atom. The van der Waals surface area contributed by atoms with Gasteiger partial charge in [-0.2, -0.15) is 0 Å². The van der Waals surface area contributed by atoms with Crippen molar-refractivity contribution in [2.75, 3.05) is 39.3 Å². The van der Waals surface area contributed by atoms with Crippen molar-refractivity contribution >= 4 is 73.1 Å². The Labute approximate surface area is 228 Å². The van der Waals surface area contributed by atoms with E-state index in [0.29, 0.717) is 13.1 Å². The molecule has 34 heavy (non-hydrogen) atoms. The van der Waals surface area contributed by atoms with Crippen molar-refractivity contribution < 1.29 is 5.11 Å². The lowest BCUT2D eigenvalue weighted by Gasteiger charge is -2.35. The fraction of sp³-hybridized carbons (Fsp3) is 0.286. The van der Waals surface area contributed by atoms with Crippen molar-refractivity contribution in [3.8, 4) is 0 Å². The van der Waals surface area contributed by atoms with Gasteiger partial charge < -0.3 is 9.67 Å². The predicted molar refractivity (Wildman–Crippen MR) is 159 cm³/mol. The first-order valence-electron chi connectivity index (χ1n) is 11.8. The molecule has 1 atom stereocenters. The second-order valence-electron chi connectivity index (χ2n) is 9.00. The Morgan fingerprint density at radius 1 is 0.765 bits per heavy atom. The van der Waals surface area contributed by atoms with E-state index in [4.69, 9.17) is 0 Å². The molecule has 0 spiro atoms. The van der Waals surface area contributed by atoms with E-state index >= 15 is 0 Å². The Hall–Kier alpha value is -1.46. The van der Waals surface area contributed by atoms with Gasteiger partial charge in [0.15, 0.2) is 0 Å². The van der Waals surface area contributed by atoms with E-state index in [-0.39, 0.29) is 0 Å². The maximum atomic E-state index is 11.0. The van der Waals surface area contributed by atoms with Crippen LogP contribution in [-0.2, 0) is 6.54 Å². The molecule has 2 heterocycles. The Kier molecular flexibility index (Phi) is 7.90. The van der Waals surface area contributed by atoms with E-state index in [1.54, 1.807) is 0 Å². The Balaban J connectivity index is 1.20. The van der Waals surface area contributed by atoms with Gasteiger partial charge in [0.1, 0.15) is 0 Å². The summed E-state index contributed by atoms with van der Waals surface area (Å²) in [5.74, 6) is 0. The molecule has 1 fully saturated rings. The number of aliphatic hydroxyl groups excluding tert-OH is 1. The average Bonchev–Trinajstić information content (AvgIpc) is 3.12. The third-order valence-corrected chi connectivity index (χ3v) is 7.93. The van der Waals surface area contributed by atoms with E-state index in [1.165, 1.54) is 34.5 Å². The molecular formula is C28H29I2N3O. The zero-order valence-electron chi connectivity index (χ0n) is 19.1. The molecule has 176 valence electrons. The number of halogens is 2. The maximum absolute atomic E-state index is 11.0. The standard InChI is InChI=1S/C28H29I2N3O/c29-22-8-10-27-25(17-22)26-18-23(30)9-11-28(26)33(27)20-24(34)19-32-15-13-31(14-16-32)12-4-7-21-5-2-1-3-6-21/h1-11,17-18,24,34H,12-16,19-20H2/b7-4-. The molecule has 1 aromatic heterocycles. The highest BCUT2D eigenvalue weighted by Gasteiger charge is 2.20. The first-order chi connectivity index (χ1) is 16.6. The molecule has 1 aliphatic heterocycles. The molecule has 4 nitrogen and oxygen atoms in total. The van der Waals surface area contributed by atoms with Crippen LogP contribution in [0.1, 0.15) is 5.56 Å². The lowest BCUT2D eigenvalue weighted by molar-refractivity contribution is 0.0688. The lowest BCUT2D eigenvalue weighted by Crippen LogP contribution is -2.48. The zero-order chi connectivity index (χ0) is 23.5. The third kappa shape index (κ3) is 5.67. The number of piperazine rings is 1. The number of fused-ring (bicyclic) bond motifs is 3. The summed E-state index contributed by atoms with van der Waals surface area (Å²) in [4.78, 5) is 4.89. The predicted octanol–water partition coefficient (Wildman–Crippen LogP) is 5.70. The molecule has 6 heteroatoms. The highest BCUT2D eigenvalue weighted by atomic mass is 127. The Morgan fingerprint density at radius 2 is 1.35 bits per heavy atom. The fourth-order valence-corrected chi connectivity index (χ4v) is 5.85. The quantitative estimate of drug-likeness (QED) is 0.255. The largest absolute Gasteiger partial charge is 0.390 e.